The maximum absolute atomic E-state index is 6.24. The first kappa shape index (κ1) is 21.9. The summed E-state index contributed by atoms with van der Waals surface area (Å²) < 4.78 is 6.08. The fourth-order valence-electron chi connectivity index (χ4n) is 2.78. The molecule has 134 valence electrons. The predicted octanol–water partition coefficient (Wildman–Crippen LogP) is 4.77. The minimum Gasteiger partial charge on any atom is -0.372 e. The monoisotopic (exact) mass is 314 g/mol. The fraction of sp³-hybridized carbons (Fsp3) is 1.00. The van der Waals surface area contributed by atoms with Gasteiger partial charge >= 0.3 is 0 Å². The maximum atomic E-state index is 6.24. The first-order valence-electron chi connectivity index (χ1n) is 9.44. The van der Waals surface area contributed by atoms with Gasteiger partial charge < -0.3 is 16.2 Å². The molecule has 0 aromatic heterocycles. The first-order valence-corrected chi connectivity index (χ1v) is 9.44. The molecule has 3 nitrogen and oxygen atoms in total. The number of ether oxygens (including phenoxy) is 1. The summed E-state index contributed by atoms with van der Waals surface area (Å²) in [5.41, 5.74) is 11.4. The average molecular weight is 315 g/mol. The Hall–Kier alpha value is -0.120. The lowest BCUT2D eigenvalue weighted by Gasteiger charge is -2.44. The van der Waals surface area contributed by atoms with Gasteiger partial charge in [-0.05, 0) is 34.1 Å². The van der Waals surface area contributed by atoms with Crippen LogP contribution in [0.5, 0.6) is 0 Å². The molecule has 0 saturated carbocycles. The number of hydrogen-bond donors (Lipinski definition) is 2. The van der Waals surface area contributed by atoms with Gasteiger partial charge in [-0.15, -0.1) is 0 Å². The van der Waals surface area contributed by atoms with E-state index in [-0.39, 0.29) is 6.04 Å². The molecule has 0 heterocycles. The van der Waals surface area contributed by atoms with Crippen LogP contribution in [0.4, 0.5) is 0 Å². The molecular weight excluding hydrogens is 272 g/mol. The van der Waals surface area contributed by atoms with Crippen molar-refractivity contribution < 1.29 is 4.74 Å². The summed E-state index contributed by atoms with van der Waals surface area (Å²) in [7, 11) is 0. The smallest absolute Gasteiger partial charge is 0.0974 e. The fourth-order valence-corrected chi connectivity index (χ4v) is 2.78. The molecule has 4 N–H and O–H groups in total. The summed E-state index contributed by atoms with van der Waals surface area (Å²) in [5.74, 6) is 0. The Morgan fingerprint density at radius 2 is 1.23 bits per heavy atom. The molecule has 0 aliphatic heterocycles. The van der Waals surface area contributed by atoms with E-state index in [2.05, 4.69) is 6.92 Å². The summed E-state index contributed by atoms with van der Waals surface area (Å²) in [4.78, 5) is 0. The maximum Gasteiger partial charge on any atom is 0.0974 e. The van der Waals surface area contributed by atoms with Crippen molar-refractivity contribution in [3.63, 3.8) is 0 Å². The van der Waals surface area contributed by atoms with Gasteiger partial charge in [-0.2, -0.15) is 0 Å². The van der Waals surface area contributed by atoms with Crippen LogP contribution < -0.4 is 11.5 Å². The molecule has 0 aliphatic carbocycles. The molecule has 0 rings (SSSR count). The van der Waals surface area contributed by atoms with Crippen LogP contribution in [0.1, 0.15) is 98.8 Å². The highest BCUT2D eigenvalue weighted by molar-refractivity contribution is 5.01. The van der Waals surface area contributed by atoms with Crippen LogP contribution >= 0.6 is 0 Å². The topological polar surface area (TPSA) is 61.3 Å². The van der Waals surface area contributed by atoms with E-state index in [1.54, 1.807) is 0 Å². The van der Waals surface area contributed by atoms with Crippen LogP contribution in [0.3, 0.4) is 0 Å². The third kappa shape index (κ3) is 8.50. The molecule has 2 unspecified atom stereocenters. The third-order valence-corrected chi connectivity index (χ3v) is 5.05. The van der Waals surface area contributed by atoms with Gasteiger partial charge in [0.1, 0.15) is 0 Å². The second-order valence-corrected chi connectivity index (χ2v) is 7.65. The largest absolute Gasteiger partial charge is 0.372 e. The first-order chi connectivity index (χ1) is 10.3. The zero-order valence-electron chi connectivity index (χ0n) is 15.9. The molecule has 0 amide bonds. The summed E-state index contributed by atoms with van der Waals surface area (Å²) in [6, 6.07) is -0.0735. The predicted molar refractivity (Wildman–Crippen MR) is 98.1 cm³/mol. The van der Waals surface area contributed by atoms with Gasteiger partial charge in [-0.3, -0.25) is 0 Å². The molecule has 0 fully saturated rings. The van der Waals surface area contributed by atoms with E-state index >= 15 is 0 Å². The number of nitrogens with two attached hydrogens (primary N) is 2. The van der Waals surface area contributed by atoms with Crippen molar-refractivity contribution in [2.75, 3.05) is 6.61 Å². The molecule has 0 aromatic rings. The molecule has 22 heavy (non-hydrogen) atoms. The van der Waals surface area contributed by atoms with Crippen LogP contribution in [0.2, 0.25) is 0 Å². The van der Waals surface area contributed by atoms with Crippen molar-refractivity contribution in [2.45, 2.75) is 116 Å². The minimum atomic E-state index is -0.466. The zero-order chi connectivity index (χ0) is 17.1. The molecule has 0 aliphatic rings. The van der Waals surface area contributed by atoms with Gasteiger partial charge in [0.05, 0.1) is 5.60 Å². The molecule has 3 heteroatoms. The molecule has 2 atom stereocenters. The Kier molecular flexibility index (Phi) is 11.4. The summed E-state index contributed by atoms with van der Waals surface area (Å²) in [6.07, 6.45) is 13.4. The van der Waals surface area contributed by atoms with Gasteiger partial charge in [0.15, 0.2) is 0 Å². The van der Waals surface area contributed by atoms with Crippen LogP contribution in [-0.4, -0.2) is 23.8 Å². The Balaban J connectivity index is 3.64. The molecular formula is C19H42N2O. The van der Waals surface area contributed by atoms with Gasteiger partial charge in [0.2, 0.25) is 0 Å². The highest BCUT2D eigenvalue weighted by atomic mass is 16.5. The van der Waals surface area contributed by atoms with Crippen LogP contribution in [0.15, 0.2) is 0 Å². The average Bonchev–Trinajstić information content (AvgIpc) is 2.43. The minimum absolute atomic E-state index is 0.0735. The van der Waals surface area contributed by atoms with E-state index in [0.717, 1.165) is 13.0 Å². The van der Waals surface area contributed by atoms with Gasteiger partial charge in [-0.1, -0.05) is 64.7 Å². The standard InChI is InChI=1S/C19H42N2O/c1-6-7-8-9-10-11-12-13-14-15-16-22-19(5,17(2)20)18(3,4)21/h17H,6-16,20-21H2,1-5H3. The van der Waals surface area contributed by atoms with Crippen LogP contribution in [0, 0.1) is 0 Å². The number of rotatable bonds is 14. The Labute approximate surface area is 139 Å². The van der Waals surface area contributed by atoms with Crippen LogP contribution in [0.25, 0.3) is 0 Å². The highest BCUT2D eigenvalue weighted by Gasteiger charge is 2.42. The normalized spacial score (nSPS) is 16.5. The molecule has 0 bridgehead atoms. The van der Waals surface area contributed by atoms with E-state index in [0.29, 0.717) is 0 Å². The Bertz CT molecular complexity index is 261. The number of hydrogen-bond acceptors (Lipinski definition) is 3. The lowest BCUT2D eigenvalue weighted by atomic mass is 9.80. The molecule has 0 radical (unpaired) electrons. The summed E-state index contributed by atoms with van der Waals surface area (Å²) in [6.45, 7) is 11.0. The van der Waals surface area contributed by atoms with E-state index in [1.807, 2.05) is 27.7 Å². The van der Waals surface area contributed by atoms with E-state index in [1.165, 1.54) is 57.8 Å². The SMILES string of the molecule is CCCCCCCCCCCCOC(C)(C(C)N)C(C)(C)N. The van der Waals surface area contributed by atoms with Crippen molar-refractivity contribution in [1.29, 1.82) is 0 Å². The van der Waals surface area contributed by atoms with Crippen molar-refractivity contribution in [3.05, 3.63) is 0 Å². The van der Waals surface area contributed by atoms with Crippen molar-refractivity contribution in [2.24, 2.45) is 11.5 Å². The Morgan fingerprint density at radius 3 is 1.59 bits per heavy atom. The quantitative estimate of drug-likeness (QED) is 0.454. The van der Waals surface area contributed by atoms with Crippen molar-refractivity contribution in [3.8, 4) is 0 Å². The van der Waals surface area contributed by atoms with Gasteiger partial charge in [-0.25, -0.2) is 0 Å². The van der Waals surface area contributed by atoms with Crippen LogP contribution in [-0.2, 0) is 4.74 Å². The summed E-state index contributed by atoms with van der Waals surface area (Å²) >= 11 is 0. The van der Waals surface area contributed by atoms with E-state index in [4.69, 9.17) is 16.2 Å². The third-order valence-electron chi connectivity index (χ3n) is 5.05. The van der Waals surface area contributed by atoms with E-state index in [9.17, 15) is 0 Å². The lowest BCUT2D eigenvalue weighted by Crippen LogP contribution is -2.64. The van der Waals surface area contributed by atoms with Gasteiger partial charge in [0, 0.05) is 18.2 Å². The zero-order valence-corrected chi connectivity index (χ0v) is 15.9. The highest BCUT2D eigenvalue weighted by Crippen LogP contribution is 2.27. The van der Waals surface area contributed by atoms with Crippen molar-refractivity contribution >= 4 is 0 Å². The Morgan fingerprint density at radius 1 is 0.818 bits per heavy atom. The second kappa shape index (κ2) is 11.4. The molecule has 0 spiro atoms. The van der Waals surface area contributed by atoms with Crippen molar-refractivity contribution in [1.82, 2.24) is 0 Å². The molecule has 0 saturated heterocycles. The summed E-state index contributed by atoms with van der Waals surface area (Å²) in [5, 5.41) is 0. The van der Waals surface area contributed by atoms with Gasteiger partial charge in [0.25, 0.3) is 0 Å². The lowest BCUT2D eigenvalue weighted by molar-refractivity contribution is -0.0901. The van der Waals surface area contributed by atoms with E-state index < -0.39 is 11.1 Å². The molecule has 0 aromatic carbocycles. The number of unbranched alkanes of at least 4 members (excludes halogenated alkanes) is 9. The second-order valence-electron chi connectivity index (χ2n) is 7.65.